The first kappa shape index (κ1) is 20.9. The number of carbonyl (C=O) groups excluding carboxylic acids is 2. The van der Waals surface area contributed by atoms with Crippen LogP contribution in [0, 0.1) is 0 Å². The number of benzene rings is 2. The zero-order valence-electron chi connectivity index (χ0n) is 16.0. The summed E-state index contributed by atoms with van der Waals surface area (Å²) in [6, 6.07) is 12.5. The average Bonchev–Trinajstić information content (AvgIpc) is 2.81. The van der Waals surface area contributed by atoms with Crippen molar-refractivity contribution in [3.63, 3.8) is 0 Å². The first-order valence-electron chi connectivity index (χ1n) is 9.61. The van der Waals surface area contributed by atoms with E-state index in [2.05, 4.69) is 6.92 Å². The predicted octanol–water partition coefficient (Wildman–Crippen LogP) is 5.07. The fourth-order valence-corrected chi connectivity index (χ4v) is 4.32. The Hall–Kier alpha value is -1.82. The fourth-order valence-electron chi connectivity index (χ4n) is 3.21. The van der Waals surface area contributed by atoms with Crippen LogP contribution in [0.3, 0.4) is 0 Å². The number of unbranched alkanes of at least 4 members (excludes halogenated alkanes) is 2. The largest absolute Gasteiger partial charge is 0.319 e. The van der Waals surface area contributed by atoms with Gasteiger partial charge < -0.3 is 10.6 Å². The summed E-state index contributed by atoms with van der Waals surface area (Å²) in [7, 11) is 0. The van der Waals surface area contributed by atoms with Crippen LogP contribution < -0.4 is 10.6 Å². The van der Waals surface area contributed by atoms with Gasteiger partial charge in [-0.1, -0.05) is 49.6 Å². The molecule has 28 heavy (non-hydrogen) atoms. The SMILES string of the molecule is CCCCCC(=O)c1ccc2c(c1)N(Cc1ccc(Cl)cc1)C(=O)[C@@H](N)CS2. The van der Waals surface area contributed by atoms with Gasteiger partial charge in [0.15, 0.2) is 5.78 Å². The predicted molar refractivity (Wildman–Crippen MR) is 116 cm³/mol. The Bertz CT molecular complexity index is 854. The molecule has 0 radical (unpaired) electrons. The van der Waals surface area contributed by atoms with Crippen molar-refractivity contribution in [3.8, 4) is 0 Å². The molecule has 4 nitrogen and oxygen atoms in total. The molecule has 0 aromatic heterocycles. The minimum atomic E-state index is -0.576. The van der Waals surface area contributed by atoms with Crippen LogP contribution in [0.4, 0.5) is 5.69 Å². The van der Waals surface area contributed by atoms with Crippen LogP contribution in [0.15, 0.2) is 47.4 Å². The summed E-state index contributed by atoms with van der Waals surface area (Å²) in [5, 5.41) is 0.651. The number of hydrogen-bond donors (Lipinski definition) is 1. The second-order valence-electron chi connectivity index (χ2n) is 7.03. The van der Waals surface area contributed by atoms with Crippen molar-refractivity contribution in [2.75, 3.05) is 10.7 Å². The van der Waals surface area contributed by atoms with Crippen molar-refractivity contribution in [1.82, 2.24) is 0 Å². The van der Waals surface area contributed by atoms with Gasteiger partial charge in [-0.3, -0.25) is 9.59 Å². The van der Waals surface area contributed by atoms with Gasteiger partial charge in [-0.05, 0) is 36.2 Å². The van der Waals surface area contributed by atoms with Gasteiger partial charge in [-0.2, -0.15) is 0 Å². The highest BCUT2D eigenvalue weighted by atomic mass is 35.5. The molecule has 1 atom stereocenters. The molecule has 0 spiro atoms. The Labute approximate surface area is 175 Å². The number of rotatable bonds is 7. The monoisotopic (exact) mass is 416 g/mol. The number of ketones is 1. The zero-order valence-corrected chi connectivity index (χ0v) is 17.6. The lowest BCUT2D eigenvalue weighted by Gasteiger charge is -2.25. The minimum Gasteiger partial charge on any atom is -0.319 e. The second kappa shape index (κ2) is 9.59. The molecule has 0 fully saturated rings. The summed E-state index contributed by atoms with van der Waals surface area (Å²) >= 11 is 7.54. The molecule has 2 aromatic carbocycles. The van der Waals surface area contributed by atoms with E-state index in [0.29, 0.717) is 29.3 Å². The van der Waals surface area contributed by atoms with Gasteiger partial charge >= 0.3 is 0 Å². The molecule has 1 aliphatic heterocycles. The topological polar surface area (TPSA) is 63.4 Å². The average molecular weight is 417 g/mol. The molecule has 0 unspecified atom stereocenters. The quantitative estimate of drug-likeness (QED) is 0.505. The van der Waals surface area contributed by atoms with Gasteiger partial charge in [0, 0.05) is 27.7 Å². The van der Waals surface area contributed by atoms with E-state index in [0.717, 1.165) is 35.4 Å². The van der Waals surface area contributed by atoms with E-state index in [9.17, 15) is 9.59 Å². The molecule has 1 heterocycles. The van der Waals surface area contributed by atoms with E-state index >= 15 is 0 Å². The Kier molecular flexibility index (Phi) is 7.16. The highest BCUT2D eigenvalue weighted by molar-refractivity contribution is 7.99. The van der Waals surface area contributed by atoms with Crippen LogP contribution in [0.2, 0.25) is 5.02 Å². The second-order valence-corrected chi connectivity index (χ2v) is 8.53. The van der Waals surface area contributed by atoms with Crippen molar-refractivity contribution in [2.24, 2.45) is 5.73 Å². The smallest absolute Gasteiger partial charge is 0.245 e. The summed E-state index contributed by atoms with van der Waals surface area (Å²) < 4.78 is 0. The lowest BCUT2D eigenvalue weighted by atomic mass is 10.0. The van der Waals surface area contributed by atoms with E-state index in [-0.39, 0.29) is 11.7 Å². The highest BCUT2D eigenvalue weighted by Gasteiger charge is 2.29. The van der Waals surface area contributed by atoms with Crippen LogP contribution in [-0.2, 0) is 11.3 Å². The number of hydrogen-bond acceptors (Lipinski definition) is 4. The summed E-state index contributed by atoms with van der Waals surface area (Å²) in [5.74, 6) is 0.512. The van der Waals surface area contributed by atoms with E-state index in [1.165, 1.54) is 0 Å². The van der Waals surface area contributed by atoms with Gasteiger partial charge in [0.1, 0.15) is 0 Å². The number of carbonyl (C=O) groups is 2. The molecule has 2 N–H and O–H groups in total. The number of anilines is 1. The molecule has 0 aliphatic carbocycles. The molecule has 6 heteroatoms. The van der Waals surface area contributed by atoms with Gasteiger partial charge in [0.25, 0.3) is 0 Å². The first-order valence-corrected chi connectivity index (χ1v) is 11.0. The number of nitrogens with two attached hydrogens (primary N) is 1. The van der Waals surface area contributed by atoms with Crippen LogP contribution in [0.25, 0.3) is 0 Å². The number of nitrogens with zero attached hydrogens (tertiary/aromatic N) is 1. The van der Waals surface area contributed by atoms with Crippen LogP contribution >= 0.6 is 23.4 Å². The van der Waals surface area contributed by atoms with E-state index in [1.54, 1.807) is 16.7 Å². The van der Waals surface area contributed by atoms with Crippen molar-refractivity contribution >= 4 is 40.7 Å². The lowest BCUT2D eigenvalue weighted by molar-refractivity contribution is -0.119. The maximum absolute atomic E-state index is 12.9. The Morgan fingerprint density at radius 3 is 2.68 bits per heavy atom. The molecule has 148 valence electrons. The van der Waals surface area contributed by atoms with Gasteiger partial charge in [0.05, 0.1) is 18.3 Å². The molecule has 3 rings (SSSR count). The normalized spacial score (nSPS) is 16.6. The Balaban J connectivity index is 1.92. The third kappa shape index (κ3) is 4.96. The van der Waals surface area contributed by atoms with Crippen LogP contribution in [-0.4, -0.2) is 23.5 Å². The van der Waals surface area contributed by atoms with Gasteiger partial charge in [0.2, 0.25) is 5.91 Å². The molecule has 0 bridgehead atoms. The van der Waals surface area contributed by atoms with E-state index in [4.69, 9.17) is 17.3 Å². The molecule has 1 aliphatic rings. The molecular formula is C22H25ClN2O2S. The van der Waals surface area contributed by atoms with Crippen LogP contribution in [0.5, 0.6) is 0 Å². The van der Waals surface area contributed by atoms with Crippen LogP contribution in [0.1, 0.15) is 48.5 Å². The Morgan fingerprint density at radius 1 is 1.21 bits per heavy atom. The molecule has 0 saturated carbocycles. The lowest BCUT2D eigenvalue weighted by Crippen LogP contribution is -2.44. The van der Waals surface area contributed by atoms with Crippen molar-refractivity contribution < 1.29 is 9.59 Å². The van der Waals surface area contributed by atoms with E-state index in [1.807, 2.05) is 42.5 Å². The van der Waals surface area contributed by atoms with E-state index < -0.39 is 6.04 Å². The summed E-state index contributed by atoms with van der Waals surface area (Å²) in [6.07, 6.45) is 3.54. The van der Waals surface area contributed by atoms with Gasteiger partial charge in [-0.25, -0.2) is 0 Å². The third-order valence-corrected chi connectivity index (χ3v) is 6.27. The maximum Gasteiger partial charge on any atom is 0.245 e. The Morgan fingerprint density at radius 2 is 1.96 bits per heavy atom. The summed E-state index contributed by atoms with van der Waals surface area (Å²) in [4.78, 5) is 28.2. The van der Waals surface area contributed by atoms with Crippen molar-refractivity contribution in [1.29, 1.82) is 0 Å². The highest BCUT2D eigenvalue weighted by Crippen LogP contribution is 2.36. The standard InChI is InChI=1S/C22H25ClN2O2S/c1-2-3-4-5-20(26)16-8-11-21-19(12-16)25(22(27)18(24)14-28-21)13-15-6-9-17(23)10-7-15/h6-12,18H,2-5,13-14,24H2,1H3/t18-/m0/s1. The number of thioether (sulfide) groups is 1. The third-order valence-electron chi connectivity index (χ3n) is 4.83. The fraction of sp³-hybridized carbons (Fsp3) is 0.364. The number of fused-ring (bicyclic) bond motifs is 1. The molecule has 0 saturated heterocycles. The first-order chi connectivity index (χ1) is 13.5. The molecular weight excluding hydrogens is 392 g/mol. The van der Waals surface area contributed by atoms with Crippen molar-refractivity contribution in [2.45, 2.75) is 50.1 Å². The van der Waals surface area contributed by atoms with Gasteiger partial charge in [-0.15, -0.1) is 11.8 Å². The minimum absolute atomic E-state index is 0.119. The number of amides is 1. The summed E-state index contributed by atoms with van der Waals surface area (Å²) in [5.41, 5.74) is 8.48. The zero-order chi connectivity index (χ0) is 20.1. The summed E-state index contributed by atoms with van der Waals surface area (Å²) in [6.45, 7) is 2.51. The van der Waals surface area contributed by atoms with Crippen molar-refractivity contribution in [3.05, 3.63) is 58.6 Å². The molecule has 1 amide bonds. The molecule has 2 aromatic rings. The number of halogens is 1. The maximum atomic E-state index is 12.9. The number of Topliss-reactive ketones (excluding diaryl/α,β-unsaturated/α-hetero) is 1.